The summed E-state index contributed by atoms with van der Waals surface area (Å²) in [5.41, 5.74) is -7.19. The van der Waals surface area contributed by atoms with Gasteiger partial charge in [0.25, 0.3) is 0 Å². The molecule has 1 saturated heterocycles. The molecule has 0 aromatic rings. The van der Waals surface area contributed by atoms with Crippen molar-refractivity contribution in [2.45, 2.75) is 134 Å². The van der Waals surface area contributed by atoms with Crippen LogP contribution in [-0.4, -0.2) is 116 Å². The second-order valence-electron chi connectivity index (χ2n) is 14.8. The summed E-state index contributed by atoms with van der Waals surface area (Å²) in [5, 5.41) is 61.4. The number of rotatable bonds is 7. The first kappa shape index (κ1) is 42.7. The van der Waals surface area contributed by atoms with Gasteiger partial charge in [0, 0.05) is 119 Å². The van der Waals surface area contributed by atoms with Crippen molar-refractivity contribution < 1.29 is 152 Å². The standard InChI is InChI=1S/C32H47NO13.2Ac/c1-13(2)44-28(40)33-21(16-8-9-16)23(37)27(39)46-17-11-32(42)26(45-15(4)34)24-30(7,18(35)10-19-31(24,41)12-43-19)25(38)22(36)20(14(17)3)29(32,5)6;;/h13,16-19,21-24,26,35-37,41-42H,8-12H2,1-7H3,(H,33,40);;/t17-,18-,19+,21-,22+,23+,24-,26-,30+,31-,32+;;/m0../s1. The molecule has 5 aliphatic rings. The minimum atomic E-state index is -2.20. The SMILES string of the molecule is CC(=O)O[C@H]1[C@@H]2[C@]3(O)CO[C@@H]3C[C@H](O)[C@@]2(C)C(=O)[C@H](O)C2=C(C)[C@@H](OC(=O)[C@H](O)[C@@H](NC(=O)OC(C)C)C3CC3)C[C@]1(O)C2(C)C.[Ac].[Ac]. The molecule has 11 atom stereocenters. The summed E-state index contributed by atoms with van der Waals surface area (Å²) < 4.78 is 22.2. The first-order chi connectivity index (χ1) is 21.2. The maximum Gasteiger partial charge on any atom is 0.407 e. The van der Waals surface area contributed by atoms with Crippen molar-refractivity contribution >= 4 is 23.8 Å². The molecule has 14 nitrogen and oxygen atoms in total. The average molecular weight is 1110 g/mol. The zero-order valence-electron chi connectivity index (χ0n) is 28.5. The Kier molecular flexibility index (Phi) is 13.3. The van der Waals surface area contributed by atoms with Gasteiger partial charge in [-0.3, -0.25) is 9.59 Å². The number of ether oxygens (including phenoxy) is 4. The second kappa shape index (κ2) is 14.9. The van der Waals surface area contributed by atoms with E-state index in [1.165, 1.54) is 13.8 Å². The Bertz CT molecular complexity index is 1340. The van der Waals surface area contributed by atoms with Crippen LogP contribution in [0.3, 0.4) is 0 Å². The predicted octanol–water partition coefficient (Wildman–Crippen LogP) is 0.0421. The van der Waals surface area contributed by atoms with Crippen LogP contribution in [0.5, 0.6) is 0 Å². The molecule has 0 unspecified atom stereocenters. The van der Waals surface area contributed by atoms with E-state index in [1.807, 2.05) is 0 Å². The van der Waals surface area contributed by atoms with Crippen molar-refractivity contribution in [1.29, 1.82) is 0 Å². The molecule has 0 aromatic carbocycles. The number of nitrogens with one attached hydrogen (secondary N) is 1. The van der Waals surface area contributed by atoms with Crippen LogP contribution in [0.2, 0.25) is 0 Å². The summed E-state index contributed by atoms with van der Waals surface area (Å²) in [6.45, 7) is 10.2. The minimum Gasteiger partial charge on any atom is -0.459 e. The Morgan fingerprint density at radius 2 is 1.65 bits per heavy atom. The van der Waals surface area contributed by atoms with Crippen molar-refractivity contribution in [3.63, 3.8) is 0 Å². The number of aliphatic hydroxyl groups is 5. The third kappa shape index (κ3) is 6.89. The number of carbonyl (C=O) groups is 4. The molecule has 1 heterocycles. The molecule has 2 radical (unpaired) electrons. The summed E-state index contributed by atoms with van der Waals surface area (Å²) in [4.78, 5) is 52.8. The fourth-order valence-corrected chi connectivity index (χ4v) is 8.45. The fraction of sp³-hybridized carbons (Fsp3) is 0.812. The third-order valence-electron chi connectivity index (χ3n) is 11.3. The maximum atomic E-state index is 14.3. The van der Waals surface area contributed by atoms with Crippen LogP contribution in [0.25, 0.3) is 0 Å². The molecule has 16 heteroatoms. The van der Waals surface area contributed by atoms with E-state index >= 15 is 0 Å². The second-order valence-corrected chi connectivity index (χ2v) is 14.8. The molecule has 0 aromatic heterocycles. The molecule has 1 amide bonds. The van der Waals surface area contributed by atoms with Gasteiger partial charge in [-0.25, -0.2) is 9.59 Å². The smallest absolute Gasteiger partial charge is 0.407 e. The number of Topliss-reactive ketones (excluding diaryl/α,β-unsaturated/α-hetero) is 1. The van der Waals surface area contributed by atoms with Crippen LogP contribution in [-0.2, 0) is 33.3 Å². The number of fused-ring (bicyclic) bond motifs is 5. The van der Waals surface area contributed by atoms with E-state index in [9.17, 15) is 44.7 Å². The number of hydrogen-bond acceptors (Lipinski definition) is 13. The van der Waals surface area contributed by atoms with Gasteiger partial charge in [0.1, 0.15) is 29.5 Å². The maximum absolute atomic E-state index is 14.3. The van der Waals surface area contributed by atoms with E-state index < -0.39 is 107 Å². The molecule has 2 bridgehead atoms. The topological polar surface area (TPSA) is 218 Å². The van der Waals surface area contributed by atoms with Gasteiger partial charge in [-0.05, 0) is 57.6 Å². The van der Waals surface area contributed by atoms with E-state index in [0.717, 1.165) is 6.92 Å². The molecule has 4 fully saturated rings. The van der Waals surface area contributed by atoms with Gasteiger partial charge in [-0.15, -0.1) is 0 Å². The van der Waals surface area contributed by atoms with Gasteiger partial charge in [0.2, 0.25) is 0 Å². The monoisotopic (exact) mass is 1110 g/mol. The van der Waals surface area contributed by atoms with Crippen molar-refractivity contribution in [1.82, 2.24) is 5.32 Å². The van der Waals surface area contributed by atoms with Crippen LogP contribution >= 0.6 is 0 Å². The Morgan fingerprint density at radius 1 is 1.04 bits per heavy atom. The Hall–Kier alpha value is 0.263. The van der Waals surface area contributed by atoms with Crippen LogP contribution in [0, 0.1) is 111 Å². The number of hydrogen-bond donors (Lipinski definition) is 6. The summed E-state index contributed by atoms with van der Waals surface area (Å²) in [6.07, 6.45) is -9.60. The van der Waals surface area contributed by atoms with E-state index in [1.54, 1.807) is 27.7 Å². The average Bonchev–Trinajstić information content (AvgIpc) is 3.79. The quantitative estimate of drug-likeness (QED) is 0.113. The molecule has 1 aliphatic heterocycles. The molecule has 3 saturated carbocycles. The number of esters is 2. The summed E-state index contributed by atoms with van der Waals surface area (Å²) in [5.74, 6) is -4.47. The number of amides is 1. The van der Waals surface area contributed by atoms with Gasteiger partial charge in [-0.2, -0.15) is 0 Å². The Labute approximate surface area is 351 Å². The summed E-state index contributed by atoms with van der Waals surface area (Å²) in [7, 11) is 0. The van der Waals surface area contributed by atoms with Gasteiger partial charge < -0.3 is 49.8 Å². The van der Waals surface area contributed by atoms with Crippen LogP contribution < -0.4 is 5.32 Å². The normalized spacial score (nSPS) is 39.4. The fourth-order valence-electron chi connectivity index (χ4n) is 8.45. The number of carbonyl (C=O) groups excluding carboxylic acids is 4. The predicted molar refractivity (Wildman–Crippen MR) is 157 cm³/mol. The number of alkyl carbamates (subject to hydrolysis) is 1. The summed E-state index contributed by atoms with van der Waals surface area (Å²) in [6, 6.07) is -1.02. The minimum absolute atomic E-state index is 0. The first-order valence-electron chi connectivity index (χ1n) is 15.9. The van der Waals surface area contributed by atoms with Gasteiger partial charge in [-0.1, -0.05) is 13.8 Å². The molecule has 48 heavy (non-hydrogen) atoms. The van der Waals surface area contributed by atoms with Crippen molar-refractivity contribution in [3.8, 4) is 0 Å². The van der Waals surface area contributed by atoms with E-state index in [2.05, 4.69) is 5.32 Å². The molecule has 264 valence electrons. The molecule has 4 aliphatic carbocycles. The Balaban J connectivity index is 0.00000312. The van der Waals surface area contributed by atoms with E-state index in [0.29, 0.717) is 12.8 Å². The van der Waals surface area contributed by atoms with Crippen LogP contribution in [0.4, 0.5) is 4.79 Å². The Morgan fingerprint density at radius 3 is 2.15 bits per heavy atom. The van der Waals surface area contributed by atoms with Crippen LogP contribution in [0.1, 0.15) is 74.1 Å². The third-order valence-corrected chi connectivity index (χ3v) is 11.3. The molecule has 6 N–H and O–H groups in total. The van der Waals surface area contributed by atoms with Crippen molar-refractivity contribution in [2.75, 3.05) is 6.61 Å². The van der Waals surface area contributed by atoms with Gasteiger partial charge >= 0.3 is 18.0 Å². The van der Waals surface area contributed by atoms with E-state index in [-0.39, 0.29) is 118 Å². The molecular formula is C32H47Ac2NO13. The molecule has 5 rings (SSSR count). The van der Waals surface area contributed by atoms with E-state index in [4.69, 9.17) is 18.9 Å². The van der Waals surface area contributed by atoms with Gasteiger partial charge in [0.15, 0.2) is 11.9 Å². The summed E-state index contributed by atoms with van der Waals surface area (Å²) >= 11 is 0. The van der Waals surface area contributed by atoms with Crippen molar-refractivity contribution in [3.05, 3.63) is 11.1 Å². The largest absolute Gasteiger partial charge is 0.459 e. The molecular weight excluding hydrogens is 1060 g/mol. The zero-order chi connectivity index (χ0) is 34.3. The molecule has 0 spiro atoms. The number of ketones is 1. The zero-order valence-corrected chi connectivity index (χ0v) is 38.0. The number of aliphatic hydroxyl groups excluding tert-OH is 3. The first-order valence-corrected chi connectivity index (χ1v) is 15.9. The van der Waals surface area contributed by atoms with Crippen molar-refractivity contribution in [2.24, 2.45) is 22.7 Å². The van der Waals surface area contributed by atoms with Crippen LogP contribution in [0.15, 0.2) is 11.1 Å². The van der Waals surface area contributed by atoms with Gasteiger partial charge in [0.05, 0.1) is 36.4 Å².